The summed E-state index contributed by atoms with van der Waals surface area (Å²) in [6.45, 7) is 0. The van der Waals surface area contributed by atoms with E-state index in [0.717, 1.165) is 19.3 Å². The van der Waals surface area contributed by atoms with E-state index in [1.165, 1.54) is 25.3 Å². The fraction of sp³-hybridized carbons (Fsp3) is 0.588. The molecule has 2 saturated carbocycles. The molecule has 108 valence electrons. The number of amides is 1. The molecule has 0 bridgehead atoms. The highest BCUT2D eigenvalue weighted by Gasteiger charge is 2.47. The van der Waals surface area contributed by atoms with Gasteiger partial charge in [-0.1, -0.05) is 37.5 Å². The predicted molar refractivity (Wildman–Crippen MR) is 76.9 cm³/mol. The lowest BCUT2D eigenvalue weighted by Gasteiger charge is -2.31. The minimum atomic E-state index is -0.173. The molecule has 0 aliphatic heterocycles. The van der Waals surface area contributed by atoms with Gasteiger partial charge in [-0.2, -0.15) is 0 Å². The summed E-state index contributed by atoms with van der Waals surface area (Å²) in [5.41, 5.74) is 0.711. The lowest BCUT2D eigenvalue weighted by atomic mass is 9.94. The highest BCUT2D eigenvalue weighted by Crippen LogP contribution is 2.49. The summed E-state index contributed by atoms with van der Waals surface area (Å²) in [4.78, 5) is 14.4. The van der Waals surface area contributed by atoms with Crippen LogP contribution in [0.4, 0.5) is 4.39 Å². The average molecular weight is 275 g/mol. The van der Waals surface area contributed by atoms with Crippen molar-refractivity contribution in [1.29, 1.82) is 0 Å². The van der Waals surface area contributed by atoms with E-state index in [9.17, 15) is 9.18 Å². The molecule has 2 fully saturated rings. The summed E-state index contributed by atoms with van der Waals surface area (Å²) < 4.78 is 13.7. The van der Waals surface area contributed by atoms with Crippen molar-refractivity contribution in [2.75, 3.05) is 7.05 Å². The molecule has 1 amide bonds. The lowest BCUT2D eigenvalue weighted by molar-refractivity contribution is -0.134. The summed E-state index contributed by atoms with van der Waals surface area (Å²) in [6, 6.07) is 7.25. The molecule has 2 atom stereocenters. The highest BCUT2D eigenvalue weighted by molar-refractivity contribution is 5.83. The van der Waals surface area contributed by atoms with Crippen LogP contribution in [0.5, 0.6) is 0 Å². The Kier molecular flexibility index (Phi) is 3.77. The van der Waals surface area contributed by atoms with Gasteiger partial charge in [0.25, 0.3) is 0 Å². The molecule has 2 aliphatic rings. The lowest BCUT2D eigenvalue weighted by Crippen LogP contribution is -2.39. The standard InChI is InChI=1S/C17H22FNO/c1-19(12-7-3-2-4-8-12)17(20)15-11-14(15)13-9-5-6-10-16(13)18/h5-6,9-10,12,14-15H,2-4,7-8,11H2,1H3. The van der Waals surface area contributed by atoms with Crippen LogP contribution in [0.25, 0.3) is 0 Å². The van der Waals surface area contributed by atoms with Crippen molar-refractivity contribution in [3.63, 3.8) is 0 Å². The third-order valence-electron chi connectivity index (χ3n) is 4.88. The molecule has 0 aromatic heterocycles. The van der Waals surface area contributed by atoms with Crippen LogP contribution in [0.1, 0.15) is 50.0 Å². The van der Waals surface area contributed by atoms with Crippen molar-refractivity contribution in [3.05, 3.63) is 35.6 Å². The van der Waals surface area contributed by atoms with E-state index in [0.29, 0.717) is 11.6 Å². The second kappa shape index (κ2) is 5.55. The van der Waals surface area contributed by atoms with Gasteiger partial charge in [0, 0.05) is 19.0 Å². The molecule has 20 heavy (non-hydrogen) atoms. The topological polar surface area (TPSA) is 20.3 Å². The first kappa shape index (κ1) is 13.6. The molecule has 2 aliphatic carbocycles. The van der Waals surface area contributed by atoms with Gasteiger partial charge < -0.3 is 4.90 Å². The molecular weight excluding hydrogens is 253 g/mol. The van der Waals surface area contributed by atoms with Crippen molar-refractivity contribution >= 4 is 5.91 Å². The second-order valence-corrected chi connectivity index (χ2v) is 6.21. The Labute approximate surface area is 120 Å². The van der Waals surface area contributed by atoms with Crippen LogP contribution in [-0.4, -0.2) is 23.9 Å². The number of carbonyl (C=O) groups is 1. The fourth-order valence-electron chi connectivity index (χ4n) is 3.50. The SMILES string of the molecule is CN(C(=O)C1CC1c1ccccc1F)C1CCCCC1. The maximum atomic E-state index is 13.7. The van der Waals surface area contributed by atoms with Gasteiger partial charge in [0.2, 0.25) is 5.91 Å². The number of benzene rings is 1. The third-order valence-corrected chi connectivity index (χ3v) is 4.88. The average Bonchev–Trinajstić information content (AvgIpc) is 3.27. The zero-order valence-electron chi connectivity index (χ0n) is 12.0. The van der Waals surface area contributed by atoms with Gasteiger partial charge in [-0.05, 0) is 36.8 Å². The first-order valence-electron chi connectivity index (χ1n) is 7.69. The molecule has 0 heterocycles. The summed E-state index contributed by atoms with van der Waals surface area (Å²) in [6.07, 6.45) is 6.79. The number of hydrogen-bond donors (Lipinski definition) is 0. The molecule has 1 aromatic carbocycles. The Hall–Kier alpha value is -1.38. The monoisotopic (exact) mass is 275 g/mol. The summed E-state index contributed by atoms with van der Waals surface area (Å²) in [7, 11) is 1.93. The Morgan fingerprint density at radius 2 is 1.90 bits per heavy atom. The van der Waals surface area contributed by atoms with Gasteiger partial charge >= 0.3 is 0 Å². The summed E-state index contributed by atoms with van der Waals surface area (Å²) >= 11 is 0. The molecule has 0 spiro atoms. The van der Waals surface area contributed by atoms with E-state index >= 15 is 0 Å². The van der Waals surface area contributed by atoms with Gasteiger partial charge in [0.05, 0.1) is 0 Å². The van der Waals surface area contributed by atoms with Crippen LogP contribution in [0, 0.1) is 11.7 Å². The minimum Gasteiger partial charge on any atom is -0.343 e. The van der Waals surface area contributed by atoms with Crippen molar-refractivity contribution in [3.8, 4) is 0 Å². The molecule has 2 nitrogen and oxygen atoms in total. The van der Waals surface area contributed by atoms with Crippen LogP contribution in [0.3, 0.4) is 0 Å². The van der Waals surface area contributed by atoms with Gasteiger partial charge in [0.1, 0.15) is 5.82 Å². The van der Waals surface area contributed by atoms with Crippen molar-refractivity contribution in [2.45, 2.75) is 50.5 Å². The van der Waals surface area contributed by atoms with Gasteiger partial charge in [-0.25, -0.2) is 4.39 Å². The molecule has 0 saturated heterocycles. The molecule has 3 rings (SSSR count). The number of halogens is 1. The Morgan fingerprint density at radius 3 is 2.60 bits per heavy atom. The van der Waals surface area contributed by atoms with Crippen molar-refractivity contribution < 1.29 is 9.18 Å². The van der Waals surface area contributed by atoms with Crippen molar-refractivity contribution in [2.24, 2.45) is 5.92 Å². The second-order valence-electron chi connectivity index (χ2n) is 6.21. The Balaban J connectivity index is 1.63. The van der Waals surface area contributed by atoms with Gasteiger partial charge in [-0.3, -0.25) is 4.79 Å². The molecule has 2 unspecified atom stereocenters. The van der Waals surface area contributed by atoms with E-state index in [2.05, 4.69) is 0 Å². The molecule has 3 heteroatoms. The van der Waals surface area contributed by atoms with E-state index in [1.54, 1.807) is 6.07 Å². The number of rotatable bonds is 3. The van der Waals surface area contributed by atoms with E-state index in [1.807, 2.05) is 24.1 Å². The first-order chi connectivity index (χ1) is 9.68. The number of hydrogen-bond acceptors (Lipinski definition) is 1. The first-order valence-corrected chi connectivity index (χ1v) is 7.69. The van der Waals surface area contributed by atoms with E-state index in [-0.39, 0.29) is 23.6 Å². The van der Waals surface area contributed by atoms with Gasteiger partial charge in [-0.15, -0.1) is 0 Å². The highest BCUT2D eigenvalue weighted by atomic mass is 19.1. The normalized spacial score (nSPS) is 26.3. The van der Waals surface area contributed by atoms with E-state index < -0.39 is 0 Å². The number of nitrogens with zero attached hydrogens (tertiary/aromatic N) is 1. The quantitative estimate of drug-likeness (QED) is 0.823. The largest absolute Gasteiger partial charge is 0.343 e. The summed E-state index contributed by atoms with van der Waals surface area (Å²) in [5, 5.41) is 0. The fourth-order valence-corrected chi connectivity index (χ4v) is 3.50. The third kappa shape index (κ3) is 2.58. The van der Waals surface area contributed by atoms with Crippen LogP contribution in [0.15, 0.2) is 24.3 Å². The van der Waals surface area contributed by atoms with E-state index in [4.69, 9.17) is 0 Å². The molecule has 0 N–H and O–H groups in total. The minimum absolute atomic E-state index is 0.00109. The van der Waals surface area contributed by atoms with Crippen LogP contribution in [0.2, 0.25) is 0 Å². The molecule has 1 aromatic rings. The van der Waals surface area contributed by atoms with Crippen LogP contribution in [-0.2, 0) is 4.79 Å². The molecule has 0 radical (unpaired) electrons. The smallest absolute Gasteiger partial charge is 0.226 e. The summed E-state index contributed by atoms with van der Waals surface area (Å²) in [5.74, 6) is 0.131. The Morgan fingerprint density at radius 1 is 1.20 bits per heavy atom. The zero-order chi connectivity index (χ0) is 14.1. The van der Waals surface area contributed by atoms with Crippen molar-refractivity contribution in [1.82, 2.24) is 4.90 Å². The molecular formula is C17H22FNO. The predicted octanol–water partition coefficient (Wildman–Crippen LogP) is 3.72. The Bertz CT molecular complexity index is 496. The maximum Gasteiger partial charge on any atom is 0.226 e. The maximum absolute atomic E-state index is 13.7. The van der Waals surface area contributed by atoms with Gasteiger partial charge in [0.15, 0.2) is 0 Å². The van der Waals surface area contributed by atoms with Crippen LogP contribution >= 0.6 is 0 Å². The number of carbonyl (C=O) groups excluding carboxylic acids is 1. The van der Waals surface area contributed by atoms with Crippen LogP contribution < -0.4 is 0 Å². The zero-order valence-corrected chi connectivity index (χ0v) is 12.0.